The molecule has 0 saturated carbocycles. The molecule has 5 rings (SSSR count). The van der Waals surface area contributed by atoms with Crippen molar-refractivity contribution in [2.45, 2.75) is 38.1 Å². The third-order valence-corrected chi connectivity index (χ3v) is 7.16. The molecule has 0 atom stereocenters. The number of hydrogen-bond acceptors (Lipinski definition) is 9. The Kier molecular flexibility index (Phi) is 6.40. The van der Waals surface area contributed by atoms with Gasteiger partial charge in [-0.25, -0.2) is 33.3 Å². The fourth-order valence-electron chi connectivity index (χ4n) is 4.26. The van der Waals surface area contributed by atoms with Crippen molar-refractivity contribution >= 4 is 38.5 Å². The number of nitrogens with zero attached hydrogens (tertiary/aromatic N) is 7. The highest BCUT2D eigenvalue weighted by molar-refractivity contribution is 7.90. The Morgan fingerprint density at radius 2 is 1.89 bits per heavy atom. The Morgan fingerprint density at radius 1 is 1.08 bits per heavy atom. The maximum Gasteiger partial charge on any atom is 0.225 e. The maximum atomic E-state index is 11.8. The highest BCUT2D eigenvalue weighted by Crippen LogP contribution is 2.28. The van der Waals surface area contributed by atoms with E-state index in [1.165, 1.54) is 11.6 Å². The van der Waals surface area contributed by atoms with Gasteiger partial charge in [0, 0.05) is 44.1 Å². The molecule has 0 spiro atoms. The van der Waals surface area contributed by atoms with Gasteiger partial charge in [-0.05, 0) is 43.0 Å². The molecular formula is C25H28N8O2S. The van der Waals surface area contributed by atoms with Crippen LogP contribution in [-0.2, 0) is 16.3 Å². The molecule has 0 aliphatic carbocycles. The van der Waals surface area contributed by atoms with E-state index in [0.717, 1.165) is 55.8 Å². The van der Waals surface area contributed by atoms with E-state index < -0.39 is 9.84 Å². The van der Waals surface area contributed by atoms with Gasteiger partial charge < -0.3 is 10.2 Å². The second kappa shape index (κ2) is 9.65. The van der Waals surface area contributed by atoms with Gasteiger partial charge in [0.2, 0.25) is 5.95 Å². The van der Waals surface area contributed by atoms with Crippen molar-refractivity contribution in [3.8, 4) is 0 Å². The molecule has 36 heavy (non-hydrogen) atoms. The van der Waals surface area contributed by atoms with Gasteiger partial charge in [0.05, 0.1) is 23.3 Å². The van der Waals surface area contributed by atoms with Crippen molar-refractivity contribution in [2.75, 3.05) is 29.6 Å². The van der Waals surface area contributed by atoms with Crippen molar-refractivity contribution in [3.05, 3.63) is 66.1 Å². The van der Waals surface area contributed by atoms with E-state index in [9.17, 15) is 8.42 Å². The lowest BCUT2D eigenvalue weighted by Crippen LogP contribution is -2.30. The molecule has 5 heterocycles. The van der Waals surface area contributed by atoms with Crippen LogP contribution in [0.2, 0.25) is 0 Å². The summed E-state index contributed by atoms with van der Waals surface area (Å²) in [4.78, 5) is 24.6. The van der Waals surface area contributed by atoms with Crippen LogP contribution in [0, 0.1) is 6.92 Å². The number of sulfone groups is 1. The summed E-state index contributed by atoms with van der Waals surface area (Å²) in [7, 11) is -3.37. The second-order valence-corrected chi connectivity index (χ2v) is 10.8. The van der Waals surface area contributed by atoms with Gasteiger partial charge in [0.25, 0.3) is 0 Å². The van der Waals surface area contributed by atoms with Crippen molar-refractivity contribution in [1.29, 1.82) is 0 Å². The molecule has 0 radical (unpaired) electrons. The minimum Gasteiger partial charge on any atom is -0.337 e. The molecule has 186 valence electrons. The van der Waals surface area contributed by atoms with Crippen molar-refractivity contribution in [2.24, 2.45) is 0 Å². The summed E-state index contributed by atoms with van der Waals surface area (Å²) in [6.45, 7) is 5.45. The van der Waals surface area contributed by atoms with Crippen molar-refractivity contribution in [3.63, 3.8) is 0 Å². The molecule has 4 aromatic rings. The first-order chi connectivity index (χ1) is 17.3. The number of pyridine rings is 1. The van der Waals surface area contributed by atoms with Gasteiger partial charge in [-0.2, -0.15) is 0 Å². The maximum absolute atomic E-state index is 11.8. The average molecular weight is 505 g/mol. The molecule has 0 saturated heterocycles. The summed E-state index contributed by atoms with van der Waals surface area (Å²) in [5, 5.41) is 3.30. The van der Waals surface area contributed by atoms with Crippen LogP contribution in [-0.4, -0.2) is 57.1 Å². The molecule has 0 fully saturated rings. The normalized spacial score (nSPS) is 14.2. The summed E-state index contributed by atoms with van der Waals surface area (Å²) in [5.74, 6) is 1.32. The second-order valence-electron chi connectivity index (χ2n) is 8.86. The van der Waals surface area contributed by atoms with Gasteiger partial charge in [0.15, 0.2) is 26.3 Å². The number of aryl methyl sites for hydroxylation is 2. The molecule has 0 amide bonds. The average Bonchev–Trinajstić information content (AvgIpc) is 3.31. The zero-order chi connectivity index (χ0) is 25.3. The van der Waals surface area contributed by atoms with Crippen LogP contribution >= 0.6 is 0 Å². The third-order valence-electron chi connectivity index (χ3n) is 6.17. The van der Waals surface area contributed by atoms with E-state index in [2.05, 4.69) is 48.1 Å². The van der Waals surface area contributed by atoms with Crippen LogP contribution in [0.25, 0.3) is 11.2 Å². The first-order valence-electron chi connectivity index (χ1n) is 11.9. The van der Waals surface area contributed by atoms with E-state index in [-0.39, 0.29) is 5.03 Å². The number of anilines is 3. The van der Waals surface area contributed by atoms with Gasteiger partial charge in [-0.1, -0.05) is 19.4 Å². The minimum atomic E-state index is -3.37. The van der Waals surface area contributed by atoms with Gasteiger partial charge in [-0.3, -0.25) is 4.40 Å². The first-order valence-corrected chi connectivity index (χ1v) is 13.7. The Morgan fingerprint density at radius 3 is 2.56 bits per heavy atom. The van der Waals surface area contributed by atoms with Gasteiger partial charge in [0.1, 0.15) is 0 Å². The lowest BCUT2D eigenvalue weighted by atomic mass is 10.1. The Labute approximate surface area is 210 Å². The van der Waals surface area contributed by atoms with E-state index in [1.54, 1.807) is 19.2 Å². The molecular weight excluding hydrogens is 476 g/mol. The molecule has 4 aromatic heterocycles. The summed E-state index contributed by atoms with van der Waals surface area (Å²) in [6.07, 6.45) is 15.6. The molecule has 0 unspecified atom stereocenters. The van der Waals surface area contributed by atoms with E-state index in [4.69, 9.17) is 0 Å². The Bertz CT molecular complexity index is 1540. The first kappa shape index (κ1) is 23.9. The number of imidazole rings is 1. The molecule has 1 N–H and O–H groups in total. The number of fused-ring (bicyclic) bond motifs is 1. The largest absolute Gasteiger partial charge is 0.337 e. The number of rotatable bonds is 7. The van der Waals surface area contributed by atoms with Crippen LogP contribution in [0.5, 0.6) is 0 Å². The summed E-state index contributed by atoms with van der Waals surface area (Å²) in [5.41, 5.74) is 5.29. The topological polar surface area (TPSA) is 118 Å². The van der Waals surface area contributed by atoms with Crippen LogP contribution in [0.3, 0.4) is 0 Å². The predicted molar refractivity (Wildman–Crippen MR) is 139 cm³/mol. The van der Waals surface area contributed by atoms with Gasteiger partial charge >= 0.3 is 0 Å². The molecule has 10 nitrogen and oxygen atoms in total. The van der Waals surface area contributed by atoms with Crippen LogP contribution in [0.1, 0.15) is 36.7 Å². The monoisotopic (exact) mass is 504 g/mol. The Hall–Kier alpha value is -3.86. The molecule has 0 bridgehead atoms. The molecule has 1 aliphatic heterocycles. The summed E-state index contributed by atoms with van der Waals surface area (Å²) in [6, 6.07) is 3.18. The van der Waals surface area contributed by atoms with E-state index in [1.807, 2.05) is 29.2 Å². The molecule has 0 aromatic carbocycles. The van der Waals surface area contributed by atoms with Crippen LogP contribution in [0.4, 0.5) is 17.5 Å². The van der Waals surface area contributed by atoms with E-state index in [0.29, 0.717) is 22.8 Å². The lowest BCUT2D eigenvalue weighted by molar-refractivity contribution is 0.598. The highest BCUT2D eigenvalue weighted by atomic mass is 32.2. The number of nitrogens with one attached hydrogen (secondary N) is 1. The Balaban J connectivity index is 1.36. The highest BCUT2D eigenvalue weighted by Gasteiger charge is 2.19. The molecule has 1 aliphatic rings. The smallest absolute Gasteiger partial charge is 0.225 e. The van der Waals surface area contributed by atoms with Crippen LogP contribution in [0.15, 0.2) is 54.2 Å². The molecule has 11 heteroatoms. The zero-order valence-corrected chi connectivity index (χ0v) is 21.3. The lowest BCUT2D eigenvalue weighted by Gasteiger charge is -2.26. The van der Waals surface area contributed by atoms with Gasteiger partial charge in [-0.15, -0.1) is 0 Å². The SMILES string of the molecule is CCCc1cnc(N2CC=C(c3cnc4c(Nc5ccc(S(C)(=O)=O)nc5C)nccn34)CC2)nc1. The summed E-state index contributed by atoms with van der Waals surface area (Å²) < 4.78 is 25.6. The van der Waals surface area contributed by atoms with Crippen molar-refractivity contribution < 1.29 is 8.42 Å². The number of hydrogen-bond donors (Lipinski definition) is 1. The minimum absolute atomic E-state index is 0.0420. The predicted octanol–water partition coefficient (Wildman–Crippen LogP) is 3.62. The summed E-state index contributed by atoms with van der Waals surface area (Å²) >= 11 is 0. The van der Waals surface area contributed by atoms with E-state index >= 15 is 0 Å². The van der Waals surface area contributed by atoms with Crippen LogP contribution < -0.4 is 10.2 Å². The fourth-order valence-corrected chi connectivity index (χ4v) is 4.88. The quantitative estimate of drug-likeness (QED) is 0.402. The fraction of sp³-hybridized carbons (Fsp3) is 0.320. The van der Waals surface area contributed by atoms with Crippen molar-refractivity contribution in [1.82, 2.24) is 29.3 Å². The standard InChI is InChI=1S/C25H28N8O2S/c1-4-5-18-14-28-25(29-15-18)32-11-8-19(9-12-32)21-16-27-24-23(26-10-13-33(21)24)31-20-6-7-22(30-17(20)2)36(3,34)35/h6-8,10,13-16H,4-5,9,11-12H2,1-3H3,(H,26,31). The number of aromatic nitrogens is 6. The third kappa shape index (κ3) is 4.78. The zero-order valence-electron chi connectivity index (χ0n) is 20.5.